The minimum atomic E-state index is -0.879. The van der Waals surface area contributed by atoms with Gasteiger partial charge in [0.15, 0.2) is 0 Å². The highest BCUT2D eigenvalue weighted by Crippen LogP contribution is 2.28. The highest BCUT2D eigenvalue weighted by molar-refractivity contribution is 5.63. The molecule has 0 aromatic heterocycles. The monoisotopic (exact) mass is 131 g/mol. The predicted molar refractivity (Wildman–Crippen MR) is 29.3 cm³/mol. The van der Waals surface area contributed by atoms with Crippen molar-refractivity contribution < 1.29 is 14.6 Å². The van der Waals surface area contributed by atoms with Crippen LogP contribution in [-0.4, -0.2) is 12.7 Å². The molecule has 0 aromatic carbocycles. The van der Waals surface area contributed by atoms with Crippen molar-refractivity contribution in [3.63, 3.8) is 0 Å². The number of rotatable bonds is 3. The zero-order valence-electron chi connectivity index (χ0n) is 5.00. The molecule has 1 amide bonds. The Morgan fingerprint density at radius 2 is 2.33 bits per heavy atom. The van der Waals surface area contributed by atoms with Gasteiger partial charge in [0.2, 0.25) is 0 Å². The molecule has 1 rings (SSSR count). The fourth-order valence-electron chi connectivity index (χ4n) is 0.473. The fourth-order valence-corrected chi connectivity index (χ4v) is 0.473. The van der Waals surface area contributed by atoms with E-state index in [0.29, 0.717) is 12.5 Å². The van der Waals surface area contributed by atoms with E-state index in [-0.39, 0.29) is 0 Å². The first-order valence-corrected chi connectivity index (χ1v) is 2.88. The van der Waals surface area contributed by atoms with Gasteiger partial charge in [0.25, 0.3) is 0 Å². The van der Waals surface area contributed by atoms with Crippen LogP contribution in [-0.2, 0) is 9.78 Å². The number of hydrogen-bond donors (Lipinski definition) is 1. The first kappa shape index (κ1) is 6.35. The van der Waals surface area contributed by atoms with Crippen LogP contribution < -0.4 is 5.73 Å². The summed E-state index contributed by atoms with van der Waals surface area (Å²) >= 11 is 0. The lowest BCUT2D eigenvalue weighted by atomic mass is 10.5. The van der Waals surface area contributed by atoms with Gasteiger partial charge < -0.3 is 5.73 Å². The van der Waals surface area contributed by atoms with E-state index < -0.39 is 6.09 Å². The summed E-state index contributed by atoms with van der Waals surface area (Å²) in [5.41, 5.74) is 4.61. The number of amides is 1. The van der Waals surface area contributed by atoms with Crippen molar-refractivity contribution in [3.05, 3.63) is 0 Å². The van der Waals surface area contributed by atoms with E-state index in [1.165, 1.54) is 12.8 Å². The second-order valence-electron chi connectivity index (χ2n) is 2.13. The van der Waals surface area contributed by atoms with Crippen molar-refractivity contribution in [3.8, 4) is 0 Å². The Kier molecular flexibility index (Phi) is 1.89. The molecule has 0 spiro atoms. The molecule has 1 fully saturated rings. The summed E-state index contributed by atoms with van der Waals surface area (Å²) in [7, 11) is 0. The average Bonchev–Trinajstić information content (AvgIpc) is 2.48. The van der Waals surface area contributed by atoms with Crippen molar-refractivity contribution in [2.24, 2.45) is 11.7 Å². The maximum absolute atomic E-state index is 9.88. The summed E-state index contributed by atoms with van der Waals surface area (Å²) in [4.78, 5) is 18.4. The molecule has 0 heterocycles. The molecular formula is C5H9NO3. The molecule has 0 atom stereocenters. The van der Waals surface area contributed by atoms with Gasteiger partial charge in [-0.2, -0.15) is 4.89 Å². The van der Waals surface area contributed by atoms with Gasteiger partial charge in [0, 0.05) is 0 Å². The van der Waals surface area contributed by atoms with Gasteiger partial charge in [-0.25, -0.2) is 4.79 Å². The highest BCUT2D eigenvalue weighted by atomic mass is 17.2. The lowest BCUT2D eigenvalue weighted by molar-refractivity contribution is -0.239. The lowest BCUT2D eigenvalue weighted by Crippen LogP contribution is -2.14. The Bertz CT molecular complexity index is 111. The first-order valence-electron chi connectivity index (χ1n) is 2.88. The Balaban J connectivity index is 1.86. The fraction of sp³-hybridized carbons (Fsp3) is 0.800. The SMILES string of the molecule is NC(=O)OOCC1CC1. The van der Waals surface area contributed by atoms with Gasteiger partial charge in [-0.3, -0.25) is 4.89 Å². The Labute approximate surface area is 52.9 Å². The van der Waals surface area contributed by atoms with E-state index in [0.717, 1.165) is 0 Å². The van der Waals surface area contributed by atoms with Gasteiger partial charge in [-0.05, 0) is 18.8 Å². The van der Waals surface area contributed by atoms with Crippen LogP contribution in [0.15, 0.2) is 0 Å². The molecule has 4 nitrogen and oxygen atoms in total. The number of nitrogens with two attached hydrogens (primary N) is 1. The minimum absolute atomic E-state index is 0.489. The van der Waals surface area contributed by atoms with Crippen LogP contribution in [0.3, 0.4) is 0 Å². The van der Waals surface area contributed by atoms with E-state index in [9.17, 15) is 4.79 Å². The van der Waals surface area contributed by atoms with Crippen LogP contribution in [0.2, 0.25) is 0 Å². The summed E-state index contributed by atoms with van der Waals surface area (Å²) < 4.78 is 0. The second-order valence-corrected chi connectivity index (χ2v) is 2.13. The number of carbonyl (C=O) groups is 1. The van der Waals surface area contributed by atoms with Crippen molar-refractivity contribution in [1.82, 2.24) is 0 Å². The van der Waals surface area contributed by atoms with E-state index in [4.69, 9.17) is 0 Å². The molecule has 1 saturated carbocycles. The van der Waals surface area contributed by atoms with E-state index in [1.807, 2.05) is 0 Å². The Hall–Kier alpha value is -0.770. The third-order valence-electron chi connectivity index (χ3n) is 1.14. The minimum Gasteiger partial charge on any atom is -0.333 e. The summed E-state index contributed by atoms with van der Waals surface area (Å²) in [6.07, 6.45) is 1.46. The van der Waals surface area contributed by atoms with Crippen molar-refractivity contribution >= 4 is 6.09 Å². The number of carbonyl (C=O) groups excluding carboxylic acids is 1. The van der Waals surface area contributed by atoms with E-state index >= 15 is 0 Å². The first-order chi connectivity index (χ1) is 4.29. The van der Waals surface area contributed by atoms with E-state index in [1.54, 1.807) is 0 Å². The van der Waals surface area contributed by atoms with Crippen molar-refractivity contribution in [2.45, 2.75) is 12.8 Å². The molecule has 52 valence electrons. The molecule has 9 heavy (non-hydrogen) atoms. The van der Waals surface area contributed by atoms with Crippen LogP contribution in [0.4, 0.5) is 4.79 Å². The Morgan fingerprint density at radius 1 is 1.67 bits per heavy atom. The van der Waals surface area contributed by atoms with E-state index in [2.05, 4.69) is 15.5 Å². The number of primary amides is 1. The van der Waals surface area contributed by atoms with Crippen LogP contribution in [0.25, 0.3) is 0 Å². The predicted octanol–water partition coefficient (Wildman–Crippen LogP) is 0.423. The van der Waals surface area contributed by atoms with Gasteiger partial charge in [-0.1, -0.05) is 0 Å². The molecule has 0 aliphatic heterocycles. The summed E-state index contributed by atoms with van der Waals surface area (Å²) in [6.45, 7) is 0.489. The topological polar surface area (TPSA) is 61.6 Å². The molecule has 2 N–H and O–H groups in total. The van der Waals surface area contributed by atoms with Crippen molar-refractivity contribution in [1.29, 1.82) is 0 Å². The third kappa shape index (κ3) is 2.92. The zero-order chi connectivity index (χ0) is 6.69. The number of hydrogen-bond acceptors (Lipinski definition) is 3. The average molecular weight is 131 g/mol. The van der Waals surface area contributed by atoms with Gasteiger partial charge in [-0.15, -0.1) is 0 Å². The smallest absolute Gasteiger partial charge is 0.333 e. The third-order valence-corrected chi connectivity index (χ3v) is 1.14. The van der Waals surface area contributed by atoms with Gasteiger partial charge in [0.05, 0.1) is 6.61 Å². The summed E-state index contributed by atoms with van der Waals surface area (Å²) in [5, 5.41) is 0. The van der Waals surface area contributed by atoms with Crippen LogP contribution in [0.5, 0.6) is 0 Å². The lowest BCUT2D eigenvalue weighted by Gasteiger charge is -1.96. The van der Waals surface area contributed by atoms with Crippen LogP contribution in [0, 0.1) is 5.92 Å². The molecular weight excluding hydrogens is 122 g/mol. The molecule has 0 aromatic rings. The molecule has 1 aliphatic carbocycles. The molecule has 1 aliphatic rings. The quantitative estimate of drug-likeness (QED) is 0.446. The molecule has 0 radical (unpaired) electrons. The standard InChI is InChI=1S/C5H9NO3/c6-5(7)9-8-3-4-1-2-4/h4H,1-3H2,(H2,6,7). The van der Waals surface area contributed by atoms with Crippen LogP contribution in [0.1, 0.15) is 12.8 Å². The molecule has 4 heteroatoms. The maximum atomic E-state index is 9.88. The molecule has 0 saturated heterocycles. The van der Waals surface area contributed by atoms with Crippen LogP contribution >= 0.6 is 0 Å². The Morgan fingerprint density at radius 3 is 2.78 bits per heavy atom. The highest BCUT2D eigenvalue weighted by Gasteiger charge is 2.22. The van der Waals surface area contributed by atoms with Gasteiger partial charge in [0.1, 0.15) is 0 Å². The second kappa shape index (κ2) is 2.68. The molecule has 0 unspecified atom stereocenters. The summed E-state index contributed by atoms with van der Waals surface area (Å²) in [6, 6.07) is 0. The summed E-state index contributed by atoms with van der Waals surface area (Å²) in [5.74, 6) is 0.587. The zero-order valence-corrected chi connectivity index (χ0v) is 5.00. The normalized spacial score (nSPS) is 17.3. The maximum Gasteiger partial charge on any atom is 0.436 e. The molecule has 0 bridgehead atoms. The largest absolute Gasteiger partial charge is 0.436 e. The van der Waals surface area contributed by atoms with Gasteiger partial charge >= 0.3 is 6.09 Å². The van der Waals surface area contributed by atoms with Crippen molar-refractivity contribution in [2.75, 3.05) is 6.61 Å².